The molecule has 0 aliphatic carbocycles. The van der Waals surface area contributed by atoms with E-state index in [1.807, 2.05) is 55.1 Å². The first-order valence-electron chi connectivity index (χ1n) is 8.78. The van der Waals surface area contributed by atoms with Crippen molar-refractivity contribution in [3.8, 4) is 0 Å². The molecule has 3 rings (SSSR count). The maximum absolute atomic E-state index is 12.7. The number of aromatic nitrogens is 1. The maximum Gasteiger partial charge on any atom is 0.322 e. The molecule has 1 aromatic heterocycles. The van der Waals surface area contributed by atoms with Crippen molar-refractivity contribution in [3.05, 3.63) is 59.4 Å². The molecule has 2 N–H and O–H groups in total. The van der Waals surface area contributed by atoms with Crippen molar-refractivity contribution in [2.45, 2.75) is 45.3 Å². The standard InChI is InChI=1S/C20H25N3O2/c1-14-13-21-15(2)11-18(14)22-20(25)23-10-6-9-17(23)12-19(24)16-7-4-3-5-8-16/h3-5,7-8,11,13,17,19,24H,6,9-10,12H2,1-2H3,(H,21,22,25)/t17-,19+/m0/s1. The molecule has 2 atom stereocenters. The molecular formula is C20H25N3O2. The van der Waals surface area contributed by atoms with Gasteiger partial charge in [-0.2, -0.15) is 0 Å². The van der Waals surface area contributed by atoms with E-state index in [0.717, 1.165) is 41.9 Å². The number of rotatable bonds is 4. The molecule has 0 unspecified atom stereocenters. The number of aryl methyl sites for hydroxylation is 2. The summed E-state index contributed by atoms with van der Waals surface area (Å²) in [4.78, 5) is 18.8. The van der Waals surface area contributed by atoms with Crippen LogP contribution in [0.15, 0.2) is 42.6 Å². The second-order valence-corrected chi connectivity index (χ2v) is 6.72. The van der Waals surface area contributed by atoms with Crippen LogP contribution in [0.5, 0.6) is 0 Å². The predicted molar refractivity (Wildman–Crippen MR) is 98.5 cm³/mol. The first-order chi connectivity index (χ1) is 12.0. The SMILES string of the molecule is Cc1cc(NC(=O)N2CCC[C@H]2C[C@@H](O)c2ccccc2)c(C)cn1. The van der Waals surface area contributed by atoms with E-state index in [1.54, 1.807) is 6.20 Å². The van der Waals surface area contributed by atoms with E-state index in [-0.39, 0.29) is 12.1 Å². The van der Waals surface area contributed by atoms with Gasteiger partial charge in [-0.25, -0.2) is 4.79 Å². The van der Waals surface area contributed by atoms with E-state index in [2.05, 4.69) is 10.3 Å². The van der Waals surface area contributed by atoms with Gasteiger partial charge in [0.05, 0.1) is 6.10 Å². The van der Waals surface area contributed by atoms with Crippen LogP contribution in [0, 0.1) is 13.8 Å². The minimum atomic E-state index is -0.551. The van der Waals surface area contributed by atoms with Crippen LogP contribution in [-0.2, 0) is 0 Å². The minimum absolute atomic E-state index is 0.0541. The molecular weight excluding hydrogens is 314 g/mol. The lowest BCUT2D eigenvalue weighted by Crippen LogP contribution is -2.39. The number of hydrogen-bond acceptors (Lipinski definition) is 3. The van der Waals surface area contributed by atoms with Crippen LogP contribution in [0.2, 0.25) is 0 Å². The number of nitrogens with zero attached hydrogens (tertiary/aromatic N) is 2. The van der Waals surface area contributed by atoms with Crippen LogP contribution in [0.1, 0.15) is 42.2 Å². The van der Waals surface area contributed by atoms with Crippen LogP contribution in [0.3, 0.4) is 0 Å². The second-order valence-electron chi connectivity index (χ2n) is 6.72. The summed E-state index contributed by atoms with van der Waals surface area (Å²) in [6, 6.07) is 11.5. The molecule has 25 heavy (non-hydrogen) atoms. The molecule has 5 heteroatoms. The molecule has 1 aliphatic rings. The molecule has 5 nitrogen and oxygen atoms in total. The Balaban J connectivity index is 1.66. The molecule has 1 saturated heterocycles. The van der Waals surface area contributed by atoms with Gasteiger partial charge < -0.3 is 15.3 Å². The molecule has 132 valence electrons. The number of aliphatic hydroxyl groups is 1. The molecule has 1 fully saturated rings. The third-order valence-electron chi connectivity index (χ3n) is 4.80. The van der Waals surface area contributed by atoms with Gasteiger partial charge in [-0.05, 0) is 50.3 Å². The van der Waals surface area contributed by atoms with Crippen molar-refractivity contribution < 1.29 is 9.90 Å². The van der Waals surface area contributed by atoms with Crippen molar-refractivity contribution in [2.24, 2.45) is 0 Å². The summed E-state index contributed by atoms with van der Waals surface area (Å²) in [5.74, 6) is 0. The van der Waals surface area contributed by atoms with Gasteiger partial charge in [-0.15, -0.1) is 0 Å². The number of urea groups is 1. The Hall–Kier alpha value is -2.40. The number of hydrogen-bond donors (Lipinski definition) is 2. The first kappa shape index (κ1) is 17.4. The van der Waals surface area contributed by atoms with Crippen molar-refractivity contribution in [1.82, 2.24) is 9.88 Å². The van der Waals surface area contributed by atoms with Crippen LogP contribution >= 0.6 is 0 Å². The highest BCUT2D eigenvalue weighted by Crippen LogP contribution is 2.28. The Bertz CT molecular complexity index is 733. The molecule has 0 bridgehead atoms. The highest BCUT2D eigenvalue weighted by molar-refractivity contribution is 5.90. The lowest BCUT2D eigenvalue weighted by atomic mass is 10.0. The second kappa shape index (κ2) is 7.66. The Kier molecular flexibility index (Phi) is 5.34. The zero-order chi connectivity index (χ0) is 17.8. The third kappa shape index (κ3) is 4.17. The quantitative estimate of drug-likeness (QED) is 0.890. The number of benzene rings is 1. The number of carbonyl (C=O) groups excluding carboxylic acids is 1. The summed E-state index contributed by atoms with van der Waals surface area (Å²) in [7, 11) is 0. The molecule has 0 saturated carbocycles. The van der Waals surface area contributed by atoms with Gasteiger partial charge in [-0.3, -0.25) is 4.98 Å². The average Bonchev–Trinajstić information content (AvgIpc) is 3.07. The topological polar surface area (TPSA) is 65.5 Å². The normalized spacial score (nSPS) is 18.2. The monoisotopic (exact) mass is 339 g/mol. The highest BCUT2D eigenvalue weighted by Gasteiger charge is 2.31. The van der Waals surface area contributed by atoms with Crippen LogP contribution in [-0.4, -0.2) is 33.6 Å². The smallest absolute Gasteiger partial charge is 0.322 e. The van der Waals surface area contributed by atoms with Gasteiger partial charge in [0.2, 0.25) is 0 Å². The zero-order valence-electron chi connectivity index (χ0n) is 14.8. The zero-order valence-corrected chi connectivity index (χ0v) is 14.8. The summed E-state index contributed by atoms with van der Waals surface area (Å²) in [5.41, 5.74) is 3.51. The molecule has 0 spiro atoms. The Morgan fingerprint density at radius 3 is 2.88 bits per heavy atom. The minimum Gasteiger partial charge on any atom is -0.388 e. The number of carbonyl (C=O) groups is 1. The molecule has 1 aliphatic heterocycles. The fourth-order valence-corrected chi connectivity index (χ4v) is 3.37. The van der Waals surface area contributed by atoms with E-state index in [0.29, 0.717) is 6.42 Å². The lowest BCUT2D eigenvalue weighted by Gasteiger charge is -2.27. The van der Waals surface area contributed by atoms with Crippen LogP contribution < -0.4 is 5.32 Å². The van der Waals surface area contributed by atoms with E-state index in [4.69, 9.17) is 0 Å². The molecule has 0 radical (unpaired) electrons. The Morgan fingerprint density at radius 1 is 1.36 bits per heavy atom. The van der Waals surface area contributed by atoms with E-state index in [1.165, 1.54) is 0 Å². The van der Waals surface area contributed by atoms with E-state index >= 15 is 0 Å². The summed E-state index contributed by atoms with van der Waals surface area (Å²) < 4.78 is 0. The number of nitrogens with one attached hydrogen (secondary N) is 1. The van der Waals surface area contributed by atoms with Crippen molar-refractivity contribution in [3.63, 3.8) is 0 Å². The first-order valence-corrected chi connectivity index (χ1v) is 8.78. The summed E-state index contributed by atoms with van der Waals surface area (Å²) in [6.07, 6.45) is 3.67. The van der Waals surface area contributed by atoms with E-state index in [9.17, 15) is 9.90 Å². The van der Waals surface area contributed by atoms with Gasteiger partial charge in [0, 0.05) is 30.2 Å². The number of pyridine rings is 1. The van der Waals surface area contributed by atoms with Crippen LogP contribution in [0.25, 0.3) is 0 Å². The van der Waals surface area contributed by atoms with Gasteiger partial charge >= 0.3 is 6.03 Å². The number of likely N-dealkylation sites (tertiary alicyclic amines) is 1. The summed E-state index contributed by atoms with van der Waals surface area (Å²) in [5, 5.41) is 13.5. The number of aliphatic hydroxyl groups excluding tert-OH is 1. The third-order valence-corrected chi connectivity index (χ3v) is 4.80. The molecule has 1 aromatic carbocycles. The van der Waals surface area contributed by atoms with Crippen molar-refractivity contribution in [1.29, 1.82) is 0 Å². The largest absolute Gasteiger partial charge is 0.388 e. The maximum atomic E-state index is 12.7. The number of anilines is 1. The van der Waals surface area contributed by atoms with Crippen molar-refractivity contribution >= 4 is 11.7 Å². The van der Waals surface area contributed by atoms with Gasteiger partial charge in [0.1, 0.15) is 0 Å². The highest BCUT2D eigenvalue weighted by atomic mass is 16.3. The number of amides is 2. The van der Waals surface area contributed by atoms with E-state index < -0.39 is 6.10 Å². The van der Waals surface area contributed by atoms with Gasteiger partial charge in [0.15, 0.2) is 0 Å². The van der Waals surface area contributed by atoms with Gasteiger partial charge in [-0.1, -0.05) is 30.3 Å². The summed E-state index contributed by atoms with van der Waals surface area (Å²) >= 11 is 0. The average molecular weight is 339 g/mol. The molecule has 2 amide bonds. The Labute approximate surface area is 148 Å². The fraction of sp³-hybridized carbons (Fsp3) is 0.400. The van der Waals surface area contributed by atoms with Crippen molar-refractivity contribution in [2.75, 3.05) is 11.9 Å². The summed E-state index contributed by atoms with van der Waals surface area (Å²) in [6.45, 7) is 4.56. The lowest BCUT2D eigenvalue weighted by molar-refractivity contribution is 0.130. The predicted octanol–water partition coefficient (Wildman–Crippen LogP) is 3.82. The fourth-order valence-electron chi connectivity index (χ4n) is 3.37. The van der Waals surface area contributed by atoms with Gasteiger partial charge in [0.25, 0.3) is 0 Å². The molecule has 2 heterocycles. The van der Waals surface area contributed by atoms with Crippen LogP contribution in [0.4, 0.5) is 10.5 Å². The Morgan fingerprint density at radius 2 is 2.12 bits per heavy atom. The molecule has 2 aromatic rings.